The highest BCUT2D eigenvalue weighted by atomic mass is 19.2. The summed E-state index contributed by atoms with van der Waals surface area (Å²) in [6.07, 6.45) is -1.49. The maximum Gasteiger partial charge on any atom is 0.200 e. The lowest BCUT2D eigenvalue weighted by molar-refractivity contribution is 0.0375. The molecule has 7 heteroatoms. The third-order valence-corrected chi connectivity index (χ3v) is 2.80. The van der Waals surface area contributed by atoms with Gasteiger partial charge in [0, 0.05) is 5.56 Å². The Balaban J connectivity index is 3.44. The molecule has 0 aliphatic rings. The zero-order chi connectivity index (χ0) is 15.1. The van der Waals surface area contributed by atoms with Crippen molar-refractivity contribution < 1.29 is 27.1 Å². The second-order valence-electron chi connectivity index (χ2n) is 5.32. The summed E-state index contributed by atoms with van der Waals surface area (Å²) in [6.45, 7) is 4.55. The lowest BCUT2D eigenvalue weighted by atomic mass is 9.82. The first-order chi connectivity index (χ1) is 8.50. The number of hydrogen-bond donors (Lipinski definition) is 2. The van der Waals surface area contributed by atoms with Gasteiger partial charge >= 0.3 is 0 Å². The SMILES string of the molecule is CC(C)(C)[C@@H](O)[C@@H](N)c1c(F)c(F)c(F)c(F)c1F. The first-order valence-electron chi connectivity index (χ1n) is 5.45. The summed E-state index contributed by atoms with van der Waals surface area (Å²) in [5, 5.41) is 9.81. The van der Waals surface area contributed by atoms with Crippen LogP contribution < -0.4 is 5.73 Å². The van der Waals surface area contributed by atoms with Crippen molar-refractivity contribution >= 4 is 0 Å². The van der Waals surface area contributed by atoms with Gasteiger partial charge in [-0.2, -0.15) is 0 Å². The molecule has 0 aliphatic carbocycles. The molecule has 1 aromatic rings. The molecule has 0 bridgehead atoms. The Bertz CT molecular complexity index is 469. The fourth-order valence-electron chi connectivity index (χ4n) is 1.61. The number of benzene rings is 1. The van der Waals surface area contributed by atoms with Gasteiger partial charge in [0.25, 0.3) is 0 Å². The molecule has 2 atom stereocenters. The summed E-state index contributed by atoms with van der Waals surface area (Å²) in [6, 6.07) is -1.73. The third kappa shape index (κ3) is 2.71. The minimum absolute atomic E-state index is 0.889. The normalized spacial score (nSPS) is 15.5. The highest BCUT2D eigenvalue weighted by Gasteiger charge is 2.36. The van der Waals surface area contributed by atoms with Gasteiger partial charge in [-0.25, -0.2) is 22.0 Å². The van der Waals surface area contributed by atoms with Crippen LogP contribution in [0.4, 0.5) is 22.0 Å². The van der Waals surface area contributed by atoms with Crippen molar-refractivity contribution in [2.24, 2.45) is 11.1 Å². The molecule has 0 amide bonds. The van der Waals surface area contributed by atoms with E-state index < -0.39 is 52.2 Å². The summed E-state index contributed by atoms with van der Waals surface area (Å²) >= 11 is 0. The van der Waals surface area contributed by atoms with E-state index in [1.54, 1.807) is 0 Å². The molecular weight excluding hydrogens is 269 g/mol. The van der Waals surface area contributed by atoms with E-state index in [-0.39, 0.29) is 0 Å². The zero-order valence-electron chi connectivity index (χ0n) is 10.6. The highest BCUT2D eigenvalue weighted by molar-refractivity contribution is 5.28. The van der Waals surface area contributed by atoms with Gasteiger partial charge in [0.2, 0.25) is 5.82 Å². The van der Waals surface area contributed by atoms with Crippen LogP contribution in [0.25, 0.3) is 0 Å². The Hall–Kier alpha value is -1.21. The van der Waals surface area contributed by atoms with E-state index >= 15 is 0 Å². The molecule has 3 N–H and O–H groups in total. The van der Waals surface area contributed by atoms with E-state index in [1.807, 2.05) is 0 Å². The van der Waals surface area contributed by atoms with Gasteiger partial charge in [-0.3, -0.25) is 0 Å². The third-order valence-electron chi connectivity index (χ3n) is 2.80. The van der Waals surface area contributed by atoms with Gasteiger partial charge in [0.15, 0.2) is 23.3 Å². The van der Waals surface area contributed by atoms with Crippen LogP contribution in [0.2, 0.25) is 0 Å². The van der Waals surface area contributed by atoms with Gasteiger partial charge < -0.3 is 10.8 Å². The summed E-state index contributed by atoms with van der Waals surface area (Å²) in [5.74, 6) is -10.5. The largest absolute Gasteiger partial charge is 0.391 e. The minimum Gasteiger partial charge on any atom is -0.391 e. The molecule has 19 heavy (non-hydrogen) atoms. The molecule has 0 heterocycles. The first kappa shape index (κ1) is 15.8. The van der Waals surface area contributed by atoms with E-state index in [0.717, 1.165) is 0 Å². The number of halogens is 5. The minimum atomic E-state index is -2.25. The van der Waals surface area contributed by atoms with Crippen molar-refractivity contribution in [1.82, 2.24) is 0 Å². The van der Waals surface area contributed by atoms with E-state index in [2.05, 4.69) is 0 Å². The second kappa shape index (κ2) is 5.05. The van der Waals surface area contributed by atoms with Gasteiger partial charge in [0.05, 0.1) is 12.1 Å². The maximum absolute atomic E-state index is 13.5. The Morgan fingerprint density at radius 2 is 1.16 bits per heavy atom. The Labute approximate surface area is 107 Å². The molecule has 0 saturated heterocycles. The number of aliphatic hydroxyl groups excluding tert-OH is 1. The fraction of sp³-hybridized carbons (Fsp3) is 0.500. The average Bonchev–Trinajstić information content (AvgIpc) is 2.31. The van der Waals surface area contributed by atoms with Crippen molar-refractivity contribution in [3.63, 3.8) is 0 Å². The predicted octanol–water partition coefficient (Wildman–Crippen LogP) is 2.79. The molecule has 0 aliphatic heterocycles. The van der Waals surface area contributed by atoms with Gasteiger partial charge in [-0.1, -0.05) is 20.8 Å². The lowest BCUT2D eigenvalue weighted by Gasteiger charge is -2.31. The molecule has 0 radical (unpaired) electrons. The van der Waals surface area contributed by atoms with Crippen LogP contribution in [0.15, 0.2) is 0 Å². The smallest absolute Gasteiger partial charge is 0.200 e. The van der Waals surface area contributed by atoms with E-state index in [0.29, 0.717) is 0 Å². The van der Waals surface area contributed by atoms with Crippen LogP contribution in [0.3, 0.4) is 0 Å². The molecule has 1 rings (SSSR count). The Morgan fingerprint density at radius 3 is 1.47 bits per heavy atom. The number of aliphatic hydroxyl groups is 1. The van der Waals surface area contributed by atoms with Crippen molar-refractivity contribution in [2.75, 3.05) is 0 Å². The van der Waals surface area contributed by atoms with Crippen LogP contribution >= 0.6 is 0 Å². The van der Waals surface area contributed by atoms with E-state index in [9.17, 15) is 27.1 Å². The van der Waals surface area contributed by atoms with Crippen LogP contribution in [-0.2, 0) is 0 Å². The van der Waals surface area contributed by atoms with E-state index in [1.165, 1.54) is 20.8 Å². The Kier molecular flexibility index (Phi) is 4.21. The molecule has 0 aromatic heterocycles. The fourth-order valence-corrected chi connectivity index (χ4v) is 1.61. The summed E-state index contributed by atoms with van der Waals surface area (Å²) in [4.78, 5) is 0. The van der Waals surface area contributed by atoms with Crippen molar-refractivity contribution in [3.05, 3.63) is 34.6 Å². The molecule has 0 fully saturated rings. The monoisotopic (exact) mass is 283 g/mol. The van der Waals surface area contributed by atoms with Crippen molar-refractivity contribution in [3.8, 4) is 0 Å². The molecule has 0 unspecified atom stereocenters. The quantitative estimate of drug-likeness (QED) is 0.498. The average molecular weight is 283 g/mol. The van der Waals surface area contributed by atoms with Gasteiger partial charge in [0.1, 0.15) is 0 Å². The van der Waals surface area contributed by atoms with Crippen LogP contribution in [0.1, 0.15) is 32.4 Å². The highest BCUT2D eigenvalue weighted by Crippen LogP contribution is 2.33. The van der Waals surface area contributed by atoms with Gasteiger partial charge in [-0.15, -0.1) is 0 Å². The molecular formula is C12H14F5NO. The summed E-state index contributed by atoms with van der Waals surface area (Å²) < 4.78 is 65.9. The van der Waals surface area contributed by atoms with Crippen LogP contribution in [0.5, 0.6) is 0 Å². The van der Waals surface area contributed by atoms with Crippen molar-refractivity contribution in [2.45, 2.75) is 32.9 Å². The lowest BCUT2D eigenvalue weighted by Crippen LogP contribution is -2.38. The molecule has 2 nitrogen and oxygen atoms in total. The van der Waals surface area contributed by atoms with Crippen LogP contribution in [-0.4, -0.2) is 11.2 Å². The number of nitrogens with two attached hydrogens (primary N) is 1. The van der Waals surface area contributed by atoms with E-state index in [4.69, 9.17) is 5.73 Å². The first-order valence-corrected chi connectivity index (χ1v) is 5.45. The molecule has 0 saturated carbocycles. The topological polar surface area (TPSA) is 46.2 Å². The maximum atomic E-state index is 13.5. The zero-order valence-corrected chi connectivity index (χ0v) is 10.6. The molecule has 0 spiro atoms. The number of hydrogen-bond acceptors (Lipinski definition) is 2. The summed E-state index contributed by atoms with van der Waals surface area (Å²) in [5.41, 5.74) is 3.33. The Morgan fingerprint density at radius 1 is 0.842 bits per heavy atom. The molecule has 1 aromatic carbocycles. The second-order valence-corrected chi connectivity index (χ2v) is 5.32. The molecule has 108 valence electrons. The summed E-state index contributed by atoms with van der Waals surface area (Å²) in [7, 11) is 0. The van der Waals surface area contributed by atoms with Crippen LogP contribution in [0, 0.1) is 34.5 Å². The number of rotatable bonds is 2. The van der Waals surface area contributed by atoms with Gasteiger partial charge in [-0.05, 0) is 5.41 Å². The predicted molar refractivity (Wildman–Crippen MR) is 58.6 cm³/mol. The van der Waals surface area contributed by atoms with Crippen molar-refractivity contribution in [1.29, 1.82) is 0 Å². The standard InChI is InChI=1S/C12H14F5NO/c1-12(2,3)11(19)10(18)4-5(13)7(15)9(17)8(16)6(4)14/h10-11,19H,18H2,1-3H3/t10-,11-/m0/s1.